The molecule has 4 rings (SSSR count). The van der Waals surface area contributed by atoms with Gasteiger partial charge in [-0.2, -0.15) is 4.31 Å². The number of hydrogen-bond donors (Lipinski definition) is 0. The maximum Gasteiger partial charge on any atom is 0.258 e. The van der Waals surface area contributed by atoms with E-state index in [0.29, 0.717) is 49.0 Å². The van der Waals surface area contributed by atoms with Crippen molar-refractivity contribution in [1.29, 1.82) is 0 Å². The van der Waals surface area contributed by atoms with Crippen molar-refractivity contribution in [3.05, 3.63) is 58.1 Å². The Bertz CT molecular complexity index is 1050. The molecule has 6 nitrogen and oxygen atoms in total. The highest BCUT2D eigenvalue weighted by Crippen LogP contribution is 2.31. The predicted molar refractivity (Wildman–Crippen MR) is 112 cm³/mol. The summed E-state index contributed by atoms with van der Waals surface area (Å²) in [5.74, 6) is -0.202. The van der Waals surface area contributed by atoms with Crippen molar-refractivity contribution in [3.8, 4) is 0 Å². The summed E-state index contributed by atoms with van der Waals surface area (Å²) < 4.78 is 32.9. The van der Waals surface area contributed by atoms with E-state index in [9.17, 15) is 13.2 Å². The Labute approximate surface area is 176 Å². The van der Waals surface area contributed by atoms with Gasteiger partial charge in [-0.25, -0.2) is 8.42 Å². The molecule has 0 saturated carbocycles. The van der Waals surface area contributed by atoms with Crippen LogP contribution in [0.3, 0.4) is 0 Å². The van der Waals surface area contributed by atoms with E-state index in [0.717, 1.165) is 24.1 Å². The topological polar surface area (TPSA) is 66.9 Å². The number of carbonyl (C=O) groups is 1. The summed E-state index contributed by atoms with van der Waals surface area (Å²) in [7, 11) is -3.68. The zero-order valence-electron chi connectivity index (χ0n) is 16.2. The van der Waals surface area contributed by atoms with Crippen molar-refractivity contribution >= 4 is 33.2 Å². The van der Waals surface area contributed by atoms with Crippen LogP contribution in [-0.4, -0.2) is 51.5 Å². The summed E-state index contributed by atoms with van der Waals surface area (Å²) in [5, 5.41) is 0.646. The highest BCUT2D eigenvalue weighted by Gasteiger charge is 2.30. The van der Waals surface area contributed by atoms with Gasteiger partial charge in [0.05, 0.1) is 18.1 Å². The van der Waals surface area contributed by atoms with Gasteiger partial charge < -0.3 is 9.64 Å². The number of nitrogens with zero attached hydrogens (tertiary/aromatic N) is 2. The summed E-state index contributed by atoms with van der Waals surface area (Å²) in [6.07, 6.45) is 1.70. The molecule has 1 saturated heterocycles. The van der Waals surface area contributed by atoms with Crippen LogP contribution in [0, 0.1) is 6.92 Å². The van der Waals surface area contributed by atoms with E-state index < -0.39 is 10.0 Å². The number of ether oxygens (including phenoxy) is 1. The lowest BCUT2D eigenvalue weighted by Crippen LogP contribution is -2.41. The monoisotopic (exact) mass is 434 g/mol. The van der Waals surface area contributed by atoms with Gasteiger partial charge in [0.2, 0.25) is 10.0 Å². The molecular formula is C21H23ClN2O4S. The number of aryl methyl sites for hydroxylation is 2. The van der Waals surface area contributed by atoms with Crippen LogP contribution in [0.5, 0.6) is 0 Å². The third kappa shape index (κ3) is 3.92. The van der Waals surface area contributed by atoms with Crippen LogP contribution in [0.1, 0.15) is 27.9 Å². The number of benzene rings is 2. The molecular weight excluding hydrogens is 412 g/mol. The number of fused-ring (bicyclic) bond motifs is 1. The lowest BCUT2D eigenvalue weighted by atomic mass is 10.0. The third-order valence-corrected chi connectivity index (χ3v) is 7.70. The van der Waals surface area contributed by atoms with Gasteiger partial charge in [0, 0.05) is 35.9 Å². The molecule has 29 heavy (non-hydrogen) atoms. The van der Waals surface area contributed by atoms with Crippen LogP contribution in [0.2, 0.25) is 5.02 Å². The number of hydrogen-bond acceptors (Lipinski definition) is 4. The average Bonchev–Trinajstić information content (AvgIpc) is 2.73. The number of carbonyl (C=O) groups excluding carboxylic acids is 1. The number of anilines is 1. The van der Waals surface area contributed by atoms with Crippen LogP contribution in [0.25, 0.3) is 0 Å². The van der Waals surface area contributed by atoms with E-state index in [4.69, 9.17) is 16.3 Å². The Morgan fingerprint density at radius 2 is 1.83 bits per heavy atom. The second-order valence-corrected chi connectivity index (χ2v) is 9.67. The molecule has 0 aromatic heterocycles. The zero-order chi connectivity index (χ0) is 20.6. The first-order chi connectivity index (χ1) is 13.9. The van der Waals surface area contributed by atoms with E-state index in [-0.39, 0.29) is 10.8 Å². The molecule has 0 bridgehead atoms. The summed E-state index contributed by atoms with van der Waals surface area (Å²) in [5.41, 5.74) is 2.86. The maximum absolute atomic E-state index is 13.3. The van der Waals surface area contributed by atoms with Gasteiger partial charge in [-0.05, 0) is 61.2 Å². The molecule has 0 aliphatic carbocycles. The molecule has 2 aromatic carbocycles. The first-order valence-corrected chi connectivity index (χ1v) is 11.5. The van der Waals surface area contributed by atoms with Crippen molar-refractivity contribution in [2.24, 2.45) is 0 Å². The Kier molecular flexibility index (Phi) is 5.66. The number of halogens is 1. The molecule has 1 fully saturated rings. The summed E-state index contributed by atoms with van der Waals surface area (Å²) in [6.45, 7) is 3.74. The third-order valence-electron chi connectivity index (χ3n) is 5.43. The van der Waals surface area contributed by atoms with Crippen LogP contribution >= 0.6 is 11.6 Å². The van der Waals surface area contributed by atoms with Crippen LogP contribution in [0.15, 0.2) is 41.3 Å². The summed E-state index contributed by atoms with van der Waals surface area (Å²) >= 11 is 6.10. The number of sulfonamides is 1. The quantitative estimate of drug-likeness (QED) is 0.743. The van der Waals surface area contributed by atoms with Gasteiger partial charge in [-0.3, -0.25) is 4.79 Å². The minimum Gasteiger partial charge on any atom is -0.379 e. The lowest BCUT2D eigenvalue weighted by molar-refractivity contribution is 0.0730. The van der Waals surface area contributed by atoms with E-state index in [1.54, 1.807) is 30.0 Å². The molecule has 0 atom stereocenters. The van der Waals surface area contributed by atoms with Crippen molar-refractivity contribution in [1.82, 2.24) is 4.31 Å². The van der Waals surface area contributed by atoms with Crippen molar-refractivity contribution in [2.75, 3.05) is 37.7 Å². The van der Waals surface area contributed by atoms with Gasteiger partial charge in [0.25, 0.3) is 5.91 Å². The molecule has 8 heteroatoms. The normalized spacial score (nSPS) is 17.8. The average molecular weight is 435 g/mol. The van der Waals surface area contributed by atoms with Gasteiger partial charge in [-0.1, -0.05) is 17.7 Å². The maximum atomic E-state index is 13.3. The minimum atomic E-state index is -3.68. The fourth-order valence-electron chi connectivity index (χ4n) is 3.87. The molecule has 2 aliphatic rings. The minimum absolute atomic E-state index is 0.179. The molecule has 2 heterocycles. The second kappa shape index (κ2) is 8.07. The number of rotatable bonds is 3. The highest BCUT2D eigenvalue weighted by atomic mass is 35.5. The first-order valence-electron chi connectivity index (χ1n) is 9.67. The number of morpholine rings is 1. The smallest absolute Gasteiger partial charge is 0.258 e. The van der Waals surface area contributed by atoms with E-state index in [2.05, 4.69) is 0 Å². The van der Waals surface area contributed by atoms with E-state index in [1.807, 2.05) is 12.1 Å². The van der Waals surface area contributed by atoms with E-state index >= 15 is 0 Å². The fourth-order valence-corrected chi connectivity index (χ4v) is 5.72. The summed E-state index contributed by atoms with van der Waals surface area (Å²) in [6, 6.07) is 10.4. The Balaban J connectivity index is 1.69. The summed E-state index contributed by atoms with van der Waals surface area (Å²) in [4.78, 5) is 15.2. The molecule has 0 radical (unpaired) electrons. The Morgan fingerprint density at radius 3 is 2.59 bits per heavy atom. The lowest BCUT2D eigenvalue weighted by Gasteiger charge is -2.30. The fraction of sp³-hybridized carbons (Fsp3) is 0.381. The number of amides is 1. The van der Waals surface area contributed by atoms with Gasteiger partial charge in [0.15, 0.2) is 0 Å². The molecule has 0 spiro atoms. The van der Waals surface area contributed by atoms with Gasteiger partial charge >= 0.3 is 0 Å². The molecule has 0 N–H and O–H groups in total. The van der Waals surface area contributed by atoms with Gasteiger partial charge in [-0.15, -0.1) is 0 Å². The van der Waals surface area contributed by atoms with Crippen molar-refractivity contribution in [2.45, 2.75) is 24.7 Å². The molecule has 2 aromatic rings. The van der Waals surface area contributed by atoms with Crippen LogP contribution in [-0.2, 0) is 21.2 Å². The van der Waals surface area contributed by atoms with E-state index in [1.165, 1.54) is 10.4 Å². The second-order valence-electron chi connectivity index (χ2n) is 7.33. The Morgan fingerprint density at radius 1 is 1.07 bits per heavy atom. The van der Waals surface area contributed by atoms with Crippen LogP contribution < -0.4 is 4.90 Å². The highest BCUT2D eigenvalue weighted by molar-refractivity contribution is 7.89. The zero-order valence-corrected chi connectivity index (χ0v) is 17.8. The van der Waals surface area contributed by atoms with Crippen LogP contribution in [0.4, 0.5) is 5.69 Å². The molecule has 1 amide bonds. The standard InChI is InChI=1S/C21H23ClN2O4S/c1-15-4-5-17(14-20(15)29(26,27)23-9-11-28-12-10-23)21(25)24-8-2-3-16-13-18(22)6-7-19(16)24/h4-7,13-14H,2-3,8-12H2,1H3. The predicted octanol–water partition coefficient (Wildman–Crippen LogP) is 3.26. The molecule has 2 aliphatic heterocycles. The largest absolute Gasteiger partial charge is 0.379 e. The Hall–Kier alpha value is -1.93. The molecule has 0 unspecified atom stereocenters. The first kappa shape index (κ1) is 20.3. The van der Waals surface area contributed by atoms with Gasteiger partial charge in [0.1, 0.15) is 0 Å². The SMILES string of the molecule is Cc1ccc(C(=O)N2CCCc3cc(Cl)ccc32)cc1S(=O)(=O)N1CCOCC1. The molecule has 154 valence electrons. The van der Waals surface area contributed by atoms with Crippen molar-refractivity contribution < 1.29 is 17.9 Å². The van der Waals surface area contributed by atoms with Crippen molar-refractivity contribution in [3.63, 3.8) is 0 Å².